The monoisotopic (exact) mass is 210 g/mol. The van der Waals surface area contributed by atoms with Gasteiger partial charge in [0.2, 0.25) is 0 Å². The molecule has 0 saturated carbocycles. The highest BCUT2D eigenvalue weighted by molar-refractivity contribution is 8.77. The van der Waals surface area contributed by atoms with Crippen molar-refractivity contribution in [2.24, 2.45) is 11.8 Å². The van der Waals surface area contributed by atoms with Crippen molar-refractivity contribution in [2.75, 3.05) is 23.0 Å². The SMILES string of the molecule is C1SSCC1C1CSSC1. The van der Waals surface area contributed by atoms with E-state index in [0.717, 1.165) is 11.8 Å². The van der Waals surface area contributed by atoms with Crippen LogP contribution in [-0.4, -0.2) is 23.0 Å². The largest absolute Gasteiger partial charge is 0.0938 e. The molecule has 58 valence electrons. The van der Waals surface area contributed by atoms with E-state index in [1.807, 2.05) is 0 Å². The van der Waals surface area contributed by atoms with E-state index in [0.29, 0.717) is 0 Å². The molecule has 2 aliphatic heterocycles. The van der Waals surface area contributed by atoms with Crippen LogP contribution in [0.5, 0.6) is 0 Å². The van der Waals surface area contributed by atoms with E-state index in [4.69, 9.17) is 0 Å². The van der Waals surface area contributed by atoms with Crippen molar-refractivity contribution in [1.29, 1.82) is 0 Å². The van der Waals surface area contributed by atoms with Crippen LogP contribution in [0.25, 0.3) is 0 Å². The molecule has 0 atom stereocenters. The normalized spacial score (nSPS) is 30.0. The van der Waals surface area contributed by atoms with E-state index >= 15 is 0 Å². The molecule has 2 aliphatic rings. The van der Waals surface area contributed by atoms with E-state index in [9.17, 15) is 0 Å². The van der Waals surface area contributed by atoms with Gasteiger partial charge in [0.25, 0.3) is 0 Å². The Morgan fingerprint density at radius 1 is 0.600 bits per heavy atom. The van der Waals surface area contributed by atoms with Gasteiger partial charge in [-0.15, -0.1) is 0 Å². The Bertz CT molecular complexity index is 90.3. The van der Waals surface area contributed by atoms with Crippen LogP contribution in [0.1, 0.15) is 0 Å². The fraction of sp³-hybridized carbons (Fsp3) is 1.00. The van der Waals surface area contributed by atoms with Gasteiger partial charge >= 0.3 is 0 Å². The van der Waals surface area contributed by atoms with Gasteiger partial charge in [-0.05, 0) is 11.8 Å². The molecule has 0 N–H and O–H groups in total. The smallest absolute Gasteiger partial charge is 0.00767 e. The Balaban J connectivity index is 1.85. The first-order valence-corrected chi connectivity index (χ1v) is 8.43. The lowest BCUT2D eigenvalue weighted by Gasteiger charge is -2.12. The minimum atomic E-state index is 1.04. The van der Waals surface area contributed by atoms with E-state index in [2.05, 4.69) is 43.2 Å². The molecule has 2 heterocycles. The minimum absolute atomic E-state index is 1.04. The fourth-order valence-corrected chi connectivity index (χ4v) is 7.38. The zero-order chi connectivity index (χ0) is 6.81. The molecule has 0 nitrogen and oxygen atoms in total. The summed E-state index contributed by atoms with van der Waals surface area (Å²) in [6.45, 7) is 0. The topological polar surface area (TPSA) is 0 Å². The van der Waals surface area contributed by atoms with Gasteiger partial charge in [-0.1, -0.05) is 43.2 Å². The van der Waals surface area contributed by atoms with E-state index in [1.54, 1.807) is 0 Å². The molecule has 0 spiro atoms. The molecule has 4 heteroatoms. The molecule has 0 aliphatic carbocycles. The summed E-state index contributed by atoms with van der Waals surface area (Å²) in [6, 6.07) is 0. The number of hydrogen-bond acceptors (Lipinski definition) is 4. The second-order valence-corrected chi connectivity index (χ2v) is 7.76. The standard InChI is InChI=1S/C6H10S4/c1-5(2-8-7-1)6-3-9-10-4-6/h5-6H,1-4H2. The second-order valence-electron chi connectivity index (χ2n) is 2.66. The Morgan fingerprint density at radius 2 is 0.900 bits per heavy atom. The summed E-state index contributed by atoms with van der Waals surface area (Å²) in [4.78, 5) is 0. The lowest BCUT2D eigenvalue weighted by atomic mass is 10.00. The Hall–Kier alpha value is 1.40. The highest BCUT2D eigenvalue weighted by Crippen LogP contribution is 2.45. The highest BCUT2D eigenvalue weighted by atomic mass is 33.1. The van der Waals surface area contributed by atoms with Crippen LogP contribution in [0.2, 0.25) is 0 Å². The predicted molar refractivity (Wildman–Crippen MR) is 56.8 cm³/mol. The number of rotatable bonds is 1. The summed E-state index contributed by atoms with van der Waals surface area (Å²) >= 11 is 0. The molecular formula is C6H10S4. The van der Waals surface area contributed by atoms with Crippen molar-refractivity contribution in [3.8, 4) is 0 Å². The maximum atomic E-state index is 2.07. The summed E-state index contributed by atoms with van der Waals surface area (Å²) in [7, 11) is 8.27. The van der Waals surface area contributed by atoms with Crippen LogP contribution in [0.15, 0.2) is 0 Å². The fourth-order valence-electron chi connectivity index (χ4n) is 1.18. The summed E-state index contributed by atoms with van der Waals surface area (Å²) in [5.41, 5.74) is 0. The molecule has 0 amide bonds. The lowest BCUT2D eigenvalue weighted by molar-refractivity contribution is 0.497. The van der Waals surface area contributed by atoms with Crippen LogP contribution in [0.4, 0.5) is 0 Å². The second kappa shape index (κ2) is 3.87. The minimum Gasteiger partial charge on any atom is -0.0938 e. The summed E-state index contributed by atoms with van der Waals surface area (Å²) in [5, 5.41) is 0. The maximum absolute atomic E-state index is 2.07. The van der Waals surface area contributed by atoms with Crippen molar-refractivity contribution in [3.63, 3.8) is 0 Å². The molecule has 10 heavy (non-hydrogen) atoms. The van der Waals surface area contributed by atoms with Crippen molar-refractivity contribution in [2.45, 2.75) is 0 Å². The third-order valence-corrected chi connectivity index (χ3v) is 7.19. The summed E-state index contributed by atoms with van der Waals surface area (Å²) in [6.07, 6.45) is 0. The maximum Gasteiger partial charge on any atom is 0.00767 e. The zero-order valence-electron chi connectivity index (χ0n) is 5.62. The lowest BCUT2D eigenvalue weighted by Crippen LogP contribution is -2.17. The third kappa shape index (κ3) is 1.76. The first-order valence-electron chi connectivity index (χ1n) is 3.45. The molecule has 0 aromatic heterocycles. The molecule has 0 radical (unpaired) electrons. The molecule has 0 aromatic rings. The van der Waals surface area contributed by atoms with E-state index < -0.39 is 0 Å². The quantitative estimate of drug-likeness (QED) is 0.610. The summed E-state index contributed by atoms with van der Waals surface area (Å²) < 4.78 is 0. The van der Waals surface area contributed by atoms with Crippen molar-refractivity contribution in [3.05, 3.63) is 0 Å². The van der Waals surface area contributed by atoms with Crippen molar-refractivity contribution in [1.82, 2.24) is 0 Å². The van der Waals surface area contributed by atoms with E-state index in [1.165, 1.54) is 23.0 Å². The van der Waals surface area contributed by atoms with Gasteiger partial charge in [0.1, 0.15) is 0 Å². The highest BCUT2D eigenvalue weighted by Gasteiger charge is 2.28. The van der Waals surface area contributed by atoms with Gasteiger partial charge in [-0.2, -0.15) is 0 Å². The van der Waals surface area contributed by atoms with Gasteiger partial charge in [-0.25, -0.2) is 0 Å². The molecule has 0 aromatic carbocycles. The molecule has 0 unspecified atom stereocenters. The third-order valence-electron chi connectivity index (χ3n) is 1.96. The van der Waals surface area contributed by atoms with Crippen LogP contribution in [-0.2, 0) is 0 Å². The van der Waals surface area contributed by atoms with E-state index in [-0.39, 0.29) is 0 Å². The zero-order valence-corrected chi connectivity index (χ0v) is 8.88. The van der Waals surface area contributed by atoms with Gasteiger partial charge < -0.3 is 0 Å². The van der Waals surface area contributed by atoms with Crippen molar-refractivity contribution < 1.29 is 0 Å². The number of hydrogen-bond donors (Lipinski definition) is 0. The predicted octanol–water partition coefficient (Wildman–Crippen LogP) is 3.01. The van der Waals surface area contributed by atoms with Crippen LogP contribution in [0, 0.1) is 11.8 Å². The Morgan fingerprint density at radius 3 is 1.20 bits per heavy atom. The molecular weight excluding hydrogens is 200 g/mol. The average molecular weight is 210 g/mol. The summed E-state index contributed by atoms with van der Waals surface area (Å²) in [5.74, 6) is 7.73. The van der Waals surface area contributed by atoms with Crippen LogP contribution in [0.3, 0.4) is 0 Å². The van der Waals surface area contributed by atoms with Crippen molar-refractivity contribution >= 4 is 43.2 Å². The van der Waals surface area contributed by atoms with Crippen LogP contribution < -0.4 is 0 Å². The Kier molecular flexibility index (Phi) is 3.11. The molecule has 2 rings (SSSR count). The molecule has 2 fully saturated rings. The van der Waals surface area contributed by atoms with Gasteiger partial charge in [-0.3, -0.25) is 0 Å². The van der Waals surface area contributed by atoms with Gasteiger partial charge in [0.05, 0.1) is 0 Å². The molecule has 2 saturated heterocycles. The van der Waals surface area contributed by atoms with Gasteiger partial charge in [0, 0.05) is 23.0 Å². The first kappa shape index (κ1) is 8.02. The first-order chi connectivity index (χ1) is 4.97. The Labute approximate surface area is 77.8 Å². The average Bonchev–Trinajstić information content (AvgIpc) is 2.59. The van der Waals surface area contributed by atoms with Gasteiger partial charge in [0.15, 0.2) is 0 Å². The molecule has 0 bridgehead atoms. The van der Waals surface area contributed by atoms with Crippen LogP contribution >= 0.6 is 43.2 Å².